The molecule has 3 heteroatoms. The second-order valence-electron chi connectivity index (χ2n) is 5.17. The highest BCUT2D eigenvalue weighted by Crippen LogP contribution is 2.27. The fraction of sp³-hybridized carbons (Fsp3) is 0.533. The van der Waals surface area contributed by atoms with E-state index in [2.05, 4.69) is 6.92 Å². The number of hydrogen-bond donors (Lipinski definition) is 1. The van der Waals surface area contributed by atoms with Crippen LogP contribution in [0.1, 0.15) is 42.1 Å². The highest BCUT2D eigenvalue weighted by molar-refractivity contribution is 5.97. The molecule has 3 nitrogen and oxygen atoms in total. The number of nitrogens with zero attached hydrogens (tertiary/aromatic N) is 1. The first kappa shape index (κ1) is 12.9. The van der Waals surface area contributed by atoms with Gasteiger partial charge in [0, 0.05) is 13.1 Å². The number of benzene rings is 1. The molecule has 1 atom stereocenters. The van der Waals surface area contributed by atoms with E-state index in [1.165, 1.54) is 12.8 Å². The molecule has 98 valence electrons. The van der Waals surface area contributed by atoms with Crippen molar-refractivity contribution in [1.29, 1.82) is 0 Å². The summed E-state index contributed by atoms with van der Waals surface area (Å²) in [7, 11) is 0. The van der Waals surface area contributed by atoms with Crippen molar-refractivity contribution in [3.8, 4) is 5.75 Å². The van der Waals surface area contributed by atoms with E-state index in [1.54, 1.807) is 6.07 Å². The van der Waals surface area contributed by atoms with Crippen LogP contribution in [0.3, 0.4) is 0 Å². The van der Waals surface area contributed by atoms with E-state index < -0.39 is 0 Å². The topological polar surface area (TPSA) is 40.5 Å². The highest BCUT2D eigenvalue weighted by atomic mass is 16.3. The molecule has 1 saturated heterocycles. The predicted octanol–water partition coefficient (Wildman–Crippen LogP) is 2.96. The van der Waals surface area contributed by atoms with E-state index in [1.807, 2.05) is 24.0 Å². The van der Waals surface area contributed by atoms with E-state index in [0.29, 0.717) is 11.5 Å². The molecule has 0 bridgehead atoms. The lowest BCUT2D eigenvalue weighted by Gasteiger charge is -2.17. The van der Waals surface area contributed by atoms with Crippen LogP contribution in [-0.2, 0) is 0 Å². The third-order valence-corrected chi connectivity index (χ3v) is 3.74. The van der Waals surface area contributed by atoms with Gasteiger partial charge in [0.25, 0.3) is 5.91 Å². The van der Waals surface area contributed by atoms with Crippen LogP contribution in [0, 0.1) is 12.8 Å². The second-order valence-corrected chi connectivity index (χ2v) is 5.17. The van der Waals surface area contributed by atoms with Crippen molar-refractivity contribution in [1.82, 2.24) is 4.90 Å². The maximum Gasteiger partial charge on any atom is 0.257 e. The normalized spacial score (nSPS) is 19.2. The first-order chi connectivity index (χ1) is 8.63. The molecule has 1 aliphatic rings. The summed E-state index contributed by atoms with van der Waals surface area (Å²) in [5.41, 5.74) is 1.19. The molecule has 0 aliphatic carbocycles. The van der Waals surface area contributed by atoms with Gasteiger partial charge in [0.15, 0.2) is 0 Å². The number of para-hydroxylation sites is 1. The van der Waals surface area contributed by atoms with Crippen LogP contribution in [0.4, 0.5) is 0 Å². The maximum absolute atomic E-state index is 12.3. The van der Waals surface area contributed by atoms with Gasteiger partial charge in [-0.15, -0.1) is 0 Å². The van der Waals surface area contributed by atoms with Crippen LogP contribution in [0.2, 0.25) is 0 Å². The lowest BCUT2D eigenvalue weighted by atomic mass is 10.0. The first-order valence-corrected chi connectivity index (χ1v) is 6.71. The van der Waals surface area contributed by atoms with E-state index in [4.69, 9.17) is 0 Å². The molecule has 1 aromatic rings. The quantitative estimate of drug-likeness (QED) is 0.892. The average molecular weight is 247 g/mol. The molecule has 1 aromatic carbocycles. The molecule has 2 rings (SSSR count). The Balaban J connectivity index is 2.11. The van der Waals surface area contributed by atoms with E-state index in [9.17, 15) is 9.90 Å². The minimum absolute atomic E-state index is 0.0326. The van der Waals surface area contributed by atoms with Gasteiger partial charge in [-0.25, -0.2) is 0 Å². The Kier molecular flexibility index (Phi) is 3.90. The van der Waals surface area contributed by atoms with Gasteiger partial charge in [0.2, 0.25) is 0 Å². The van der Waals surface area contributed by atoms with Crippen LogP contribution in [0.5, 0.6) is 5.75 Å². The molecule has 18 heavy (non-hydrogen) atoms. The van der Waals surface area contributed by atoms with E-state index in [0.717, 1.165) is 25.1 Å². The van der Waals surface area contributed by atoms with Crippen LogP contribution in [0.25, 0.3) is 0 Å². The van der Waals surface area contributed by atoms with Gasteiger partial charge in [-0.1, -0.05) is 25.5 Å². The number of carbonyl (C=O) groups excluding carboxylic acids is 1. The molecule has 0 aromatic heterocycles. The number of hydrogen-bond acceptors (Lipinski definition) is 2. The fourth-order valence-electron chi connectivity index (χ4n) is 2.66. The molecule has 1 N–H and O–H groups in total. The molecule has 1 amide bonds. The van der Waals surface area contributed by atoms with Crippen LogP contribution >= 0.6 is 0 Å². The Morgan fingerprint density at radius 1 is 1.50 bits per heavy atom. The minimum Gasteiger partial charge on any atom is -0.507 e. The molecule has 1 aliphatic heterocycles. The summed E-state index contributed by atoms with van der Waals surface area (Å²) in [6, 6.07) is 5.34. The van der Waals surface area contributed by atoms with Gasteiger partial charge in [0.05, 0.1) is 5.56 Å². The summed E-state index contributed by atoms with van der Waals surface area (Å²) >= 11 is 0. The van der Waals surface area contributed by atoms with E-state index >= 15 is 0 Å². The van der Waals surface area contributed by atoms with Crippen LogP contribution in [0.15, 0.2) is 18.2 Å². The Labute approximate surface area is 108 Å². The number of phenolic OH excluding ortho intramolecular Hbond substituents is 1. The smallest absolute Gasteiger partial charge is 0.257 e. The third-order valence-electron chi connectivity index (χ3n) is 3.74. The molecular formula is C15H21NO2. The largest absolute Gasteiger partial charge is 0.507 e. The van der Waals surface area contributed by atoms with Crippen LogP contribution < -0.4 is 0 Å². The van der Waals surface area contributed by atoms with Crippen molar-refractivity contribution in [3.63, 3.8) is 0 Å². The Morgan fingerprint density at radius 2 is 2.28 bits per heavy atom. The van der Waals surface area contributed by atoms with Gasteiger partial charge >= 0.3 is 0 Å². The SMILES string of the molecule is CCCC1CCN(C(=O)c2cccc(C)c2O)C1. The third kappa shape index (κ3) is 2.50. The highest BCUT2D eigenvalue weighted by Gasteiger charge is 2.27. The summed E-state index contributed by atoms with van der Waals surface area (Å²) in [5, 5.41) is 9.95. The van der Waals surface area contributed by atoms with Crippen molar-refractivity contribution in [2.45, 2.75) is 33.1 Å². The monoisotopic (exact) mass is 247 g/mol. The van der Waals surface area contributed by atoms with Crippen LogP contribution in [-0.4, -0.2) is 29.0 Å². The van der Waals surface area contributed by atoms with E-state index in [-0.39, 0.29) is 11.7 Å². The minimum atomic E-state index is -0.0326. The Bertz CT molecular complexity index is 442. The summed E-state index contributed by atoms with van der Waals surface area (Å²) in [4.78, 5) is 14.2. The van der Waals surface area contributed by atoms with Crippen molar-refractivity contribution in [2.75, 3.05) is 13.1 Å². The van der Waals surface area contributed by atoms with Crippen molar-refractivity contribution >= 4 is 5.91 Å². The number of amides is 1. The summed E-state index contributed by atoms with van der Waals surface area (Å²) < 4.78 is 0. The summed E-state index contributed by atoms with van der Waals surface area (Å²) in [6.07, 6.45) is 3.44. The number of likely N-dealkylation sites (tertiary alicyclic amines) is 1. The number of aromatic hydroxyl groups is 1. The number of carbonyl (C=O) groups is 1. The lowest BCUT2D eigenvalue weighted by molar-refractivity contribution is 0.0783. The molecule has 0 radical (unpaired) electrons. The van der Waals surface area contributed by atoms with Crippen molar-refractivity contribution < 1.29 is 9.90 Å². The summed E-state index contributed by atoms with van der Waals surface area (Å²) in [6.45, 7) is 5.64. The van der Waals surface area contributed by atoms with Gasteiger partial charge in [0.1, 0.15) is 5.75 Å². The molecule has 0 saturated carbocycles. The number of aryl methyl sites for hydroxylation is 1. The molecule has 0 spiro atoms. The van der Waals surface area contributed by atoms with Gasteiger partial charge in [-0.05, 0) is 37.3 Å². The lowest BCUT2D eigenvalue weighted by Crippen LogP contribution is -2.28. The number of rotatable bonds is 3. The number of phenols is 1. The molecule has 1 heterocycles. The van der Waals surface area contributed by atoms with Gasteiger partial charge in [-0.3, -0.25) is 4.79 Å². The summed E-state index contributed by atoms with van der Waals surface area (Å²) in [5.74, 6) is 0.724. The van der Waals surface area contributed by atoms with Gasteiger partial charge < -0.3 is 10.0 Å². The zero-order valence-corrected chi connectivity index (χ0v) is 11.1. The first-order valence-electron chi connectivity index (χ1n) is 6.71. The molecule has 1 unspecified atom stereocenters. The zero-order chi connectivity index (χ0) is 13.1. The molecule has 1 fully saturated rings. The van der Waals surface area contributed by atoms with Crippen molar-refractivity contribution in [2.24, 2.45) is 5.92 Å². The average Bonchev–Trinajstić information content (AvgIpc) is 2.81. The Hall–Kier alpha value is -1.51. The molecular weight excluding hydrogens is 226 g/mol. The maximum atomic E-state index is 12.3. The zero-order valence-electron chi connectivity index (χ0n) is 11.1. The second kappa shape index (κ2) is 5.42. The van der Waals surface area contributed by atoms with Gasteiger partial charge in [-0.2, -0.15) is 0 Å². The Morgan fingerprint density at radius 3 is 3.00 bits per heavy atom. The standard InChI is InChI=1S/C15H21NO2/c1-3-5-12-8-9-16(10-12)15(18)13-7-4-6-11(2)14(13)17/h4,6-7,12,17H,3,5,8-10H2,1-2H3. The van der Waals surface area contributed by atoms with Crippen molar-refractivity contribution in [3.05, 3.63) is 29.3 Å². The predicted molar refractivity (Wildman–Crippen MR) is 71.8 cm³/mol. The fourth-order valence-corrected chi connectivity index (χ4v) is 2.66.